The second kappa shape index (κ2) is 13.1. The predicted molar refractivity (Wildman–Crippen MR) is 135 cm³/mol. The van der Waals surface area contributed by atoms with Crippen LogP contribution in [0.1, 0.15) is 73.9 Å². The summed E-state index contributed by atoms with van der Waals surface area (Å²) in [5.74, 6) is -4.73. The number of aromatic carboxylic acids is 1. The Morgan fingerprint density at radius 3 is 2.00 bits per heavy atom. The third-order valence-corrected chi connectivity index (χ3v) is 4.61. The second-order valence-electron chi connectivity index (χ2n) is 10.5. The fourth-order valence-electron chi connectivity index (χ4n) is 3.00. The van der Waals surface area contributed by atoms with Crippen molar-refractivity contribution in [2.24, 2.45) is 0 Å². The van der Waals surface area contributed by atoms with Crippen molar-refractivity contribution in [1.29, 1.82) is 0 Å². The van der Waals surface area contributed by atoms with E-state index in [1.165, 1.54) is 12.1 Å². The number of carboxylic acid groups (broad SMARTS) is 1. The topological polar surface area (TPSA) is 157 Å². The van der Waals surface area contributed by atoms with Crippen LogP contribution in [-0.4, -0.2) is 68.5 Å². The lowest BCUT2D eigenvalue weighted by atomic mass is 10.2. The maximum absolute atomic E-state index is 14.3. The maximum atomic E-state index is 14.3. The number of ether oxygens (including phenoxy) is 3. The first-order valence-corrected chi connectivity index (χ1v) is 12.1. The zero-order valence-corrected chi connectivity index (χ0v) is 23.0. The van der Waals surface area contributed by atoms with Gasteiger partial charge in [0.25, 0.3) is 0 Å². The highest BCUT2D eigenvalue weighted by molar-refractivity contribution is 5.87. The SMILES string of the molecule is CC(C)(C)OC(=O)NCc1ccc(F)c(C(=O)OCCN(Cc2ccc(F)c(C(=O)O)n2)C(=O)OC(C)(C)C)n1. The highest BCUT2D eigenvalue weighted by Crippen LogP contribution is 2.15. The highest BCUT2D eigenvalue weighted by Gasteiger charge is 2.25. The molecule has 2 aromatic rings. The molecule has 0 fully saturated rings. The van der Waals surface area contributed by atoms with E-state index in [1.807, 2.05) is 0 Å². The molecule has 2 amide bonds. The van der Waals surface area contributed by atoms with E-state index in [4.69, 9.17) is 19.3 Å². The number of hydrogen-bond donors (Lipinski definition) is 2. The molecule has 0 aliphatic heterocycles. The molecule has 40 heavy (non-hydrogen) atoms. The first-order valence-electron chi connectivity index (χ1n) is 12.1. The molecule has 0 aliphatic carbocycles. The largest absolute Gasteiger partial charge is 0.476 e. The van der Waals surface area contributed by atoms with Crippen LogP contribution in [0.4, 0.5) is 18.4 Å². The number of esters is 1. The third-order valence-electron chi connectivity index (χ3n) is 4.61. The van der Waals surface area contributed by atoms with Crippen molar-refractivity contribution in [3.63, 3.8) is 0 Å². The van der Waals surface area contributed by atoms with Crippen LogP contribution < -0.4 is 5.32 Å². The summed E-state index contributed by atoms with van der Waals surface area (Å²) >= 11 is 0. The number of hydrogen-bond acceptors (Lipinski definition) is 9. The van der Waals surface area contributed by atoms with Crippen molar-refractivity contribution in [3.05, 3.63) is 58.7 Å². The molecule has 0 saturated heterocycles. The molecule has 12 nitrogen and oxygen atoms in total. The lowest BCUT2D eigenvalue weighted by Crippen LogP contribution is -2.39. The Balaban J connectivity index is 2.10. The van der Waals surface area contributed by atoms with Gasteiger partial charge in [0.05, 0.1) is 31.0 Å². The molecule has 0 aromatic carbocycles. The number of nitrogens with zero attached hydrogens (tertiary/aromatic N) is 3. The number of carboxylic acids is 1. The fourth-order valence-corrected chi connectivity index (χ4v) is 3.00. The van der Waals surface area contributed by atoms with E-state index in [0.717, 1.165) is 17.0 Å². The van der Waals surface area contributed by atoms with Gasteiger partial charge in [-0.2, -0.15) is 0 Å². The Morgan fingerprint density at radius 2 is 1.43 bits per heavy atom. The summed E-state index contributed by atoms with van der Waals surface area (Å²) in [6.07, 6.45) is -1.57. The van der Waals surface area contributed by atoms with Crippen LogP contribution >= 0.6 is 0 Å². The van der Waals surface area contributed by atoms with Crippen LogP contribution in [0.25, 0.3) is 0 Å². The molecule has 0 spiro atoms. The van der Waals surface area contributed by atoms with Gasteiger partial charge in [0.15, 0.2) is 23.0 Å². The number of rotatable bonds is 9. The number of halogens is 2. The van der Waals surface area contributed by atoms with Crippen LogP contribution in [0.15, 0.2) is 24.3 Å². The normalized spacial score (nSPS) is 11.4. The summed E-state index contributed by atoms with van der Waals surface area (Å²) in [4.78, 5) is 57.0. The lowest BCUT2D eigenvalue weighted by Gasteiger charge is -2.27. The minimum atomic E-state index is -1.59. The van der Waals surface area contributed by atoms with Gasteiger partial charge in [-0.1, -0.05) is 0 Å². The average Bonchev–Trinajstić information content (AvgIpc) is 2.81. The molecule has 2 N–H and O–H groups in total. The van der Waals surface area contributed by atoms with Gasteiger partial charge in [-0.25, -0.2) is 37.9 Å². The number of carbonyl (C=O) groups is 4. The van der Waals surface area contributed by atoms with Gasteiger partial charge in [-0.15, -0.1) is 0 Å². The number of aromatic nitrogens is 2. The second-order valence-corrected chi connectivity index (χ2v) is 10.5. The smallest absolute Gasteiger partial charge is 0.410 e. The molecule has 0 radical (unpaired) electrons. The van der Waals surface area contributed by atoms with Crippen LogP contribution in [0, 0.1) is 11.6 Å². The van der Waals surface area contributed by atoms with E-state index >= 15 is 0 Å². The van der Waals surface area contributed by atoms with Crippen molar-refractivity contribution >= 4 is 24.1 Å². The summed E-state index contributed by atoms with van der Waals surface area (Å²) in [7, 11) is 0. The minimum Gasteiger partial charge on any atom is -0.476 e. The molecule has 0 bridgehead atoms. The summed E-state index contributed by atoms with van der Waals surface area (Å²) in [6, 6.07) is 4.36. The van der Waals surface area contributed by atoms with Crippen molar-refractivity contribution in [1.82, 2.24) is 20.2 Å². The highest BCUT2D eigenvalue weighted by atomic mass is 19.1. The van der Waals surface area contributed by atoms with Gasteiger partial charge in [-0.3, -0.25) is 4.90 Å². The number of alkyl carbamates (subject to hydrolysis) is 1. The zero-order valence-electron chi connectivity index (χ0n) is 23.0. The third kappa shape index (κ3) is 10.4. The van der Waals surface area contributed by atoms with Crippen molar-refractivity contribution in [3.8, 4) is 0 Å². The summed E-state index contributed by atoms with van der Waals surface area (Å²) in [5.41, 5.74) is -2.89. The zero-order chi connectivity index (χ0) is 30.3. The summed E-state index contributed by atoms with van der Waals surface area (Å²) in [5, 5.41) is 11.6. The van der Waals surface area contributed by atoms with Gasteiger partial charge in [0.1, 0.15) is 17.8 Å². The van der Waals surface area contributed by atoms with Gasteiger partial charge in [-0.05, 0) is 65.8 Å². The average molecular weight is 567 g/mol. The molecule has 0 atom stereocenters. The number of carbonyl (C=O) groups excluding carboxylic acids is 3. The number of nitrogens with one attached hydrogen (secondary N) is 1. The van der Waals surface area contributed by atoms with E-state index in [2.05, 4.69) is 15.3 Å². The van der Waals surface area contributed by atoms with E-state index in [1.54, 1.807) is 41.5 Å². The molecular weight excluding hydrogens is 534 g/mol. The van der Waals surface area contributed by atoms with Crippen molar-refractivity contribution < 1.29 is 47.3 Å². The van der Waals surface area contributed by atoms with Crippen molar-refractivity contribution in [2.45, 2.75) is 65.8 Å². The Kier molecular flexibility index (Phi) is 10.5. The van der Waals surface area contributed by atoms with Crippen LogP contribution in [0.5, 0.6) is 0 Å². The van der Waals surface area contributed by atoms with Gasteiger partial charge >= 0.3 is 24.1 Å². The maximum Gasteiger partial charge on any atom is 0.410 e. The van der Waals surface area contributed by atoms with Gasteiger partial charge in [0, 0.05) is 0 Å². The van der Waals surface area contributed by atoms with Gasteiger partial charge < -0.3 is 24.6 Å². The molecule has 0 saturated carbocycles. The monoisotopic (exact) mass is 566 g/mol. The van der Waals surface area contributed by atoms with E-state index < -0.39 is 65.0 Å². The van der Waals surface area contributed by atoms with Crippen LogP contribution in [0.2, 0.25) is 0 Å². The standard InChI is InChI=1S/C26H32F2N4O8/c1-25(2,3)39-23(36)29-13-15-7-9-18(28)20(30-15)22(35)38-12-11-32(24(37)40-26(4,5)6)14-16-8-10-17(27)19(31-16)21(33)34/h7-10H,11-14H2,1-6H3,(H,29,36)(H,33,34). The predicted octanol–water partition coefficient (Wildman–Crippen LogP) is 4.07. The Bertz CT molecular complexity index is 1260. The number of pyridine rings is 2. The van der Waals surface area contributed by atoms with Crippen LogP contribution in [-0.2, 0) is 27.3 Å². The molecule has 14 heteroatoms. The van der Waals surface area contributed by atoms with E-state index in [-0.39, 0.29) is 31.0 Å². The molecule has 2 heterocycles. The lowest BCUT2D eigenvalue weighted by molar-refractivity contribution is 0.0146. The fraction of sp³-hybridized carbons (Fsp3) is 0.462. The number of amides is 2. The Labute approximate surface area is 229 Å². The molecule has 2 aromatic heterocycles. The molecular formula is C26H32F2N4O8. The summed E-state index contributed by atoms with van der Waals surface area (Å²) in [6.45, 7) is 8.80. The van der Waals surface area contributed by atoms with E-state index in [9.17, 15) is 28.0 Å². The Morgan fingerprint density at radius 1 is 0.875 bits per heavy atom. The quantitative estimate of drug-likeness (QED) is 0.335. The molecule has 218 valence electrons. The van der Waals surface area contributed by atoms with Crippen molar-refractivity contribution in [2.75, 3.05) is 13.2 Å². The first-order chi connectivity index (χ1) is 18.4. The summed E-state index contributed by atoms with van der Waals surface area (Å²) < 4.78 is 43.6. The minimum absolute atomic E-state index is 0.0360. The Hall–Kier alpha value is -4.36. The first kappa shape index (κ1) is 31.9. The van der Waals surface area contributed by atoms with Crippen LogP contribution in [0.3, 0.4) is 0 Å². The van der Waals surface area contributed by atoms with E-state index in [0.29, 0.717) is 0 Å². The van der Waals surface area contributed by atoms with Gasteiger partial charge in [0.2, 0.25) is 0 Å². The molecule has 0 unspecified atom stereocenters. The molecule has 0 aliphatic rings. The molecule has 2 rings (SSSR count).